The third kappa shape index (κ3) is 8.01. The molecule has 1 heterocycles. The summed E-state index contributed by atoms with van der Waals surface area (Å²) in [6.07, 6.45) is -0.549. The molecule has 9 heteroatoms. The zero-order valence-electron chi connectivity index (χ0n) is 17.8. The van der Waals surface area contributed by atoms with Crippen molar-refractivity contribution in [3.63, 3.8) is 0 Å². The van der Waals surface area contributed by atoms with Gasteiger partial charge in [0.1, 0.15) is 5.82 Å². The molecule has 0 saturated carbocycles. The van der Waals surface area contributed by atoms with E-state index < -0.39 is 6.10 Å². The highest BCUT2D eigenvalue weighted by atomic mass is 35.5. The maximum atomic E-state index is 13.1. The smallest absolute Gasteiger partial charge is 0.161 e. The molecule has 6 nitrogen and oxygen atoms in total. The van der Waals surface area contributed by atoms with E-state index in [0.717, 1.165) is 37.4 Å². The van der Waals surface area contributed by atoms with Gasteiger partial charge >= 0.3 is 0 Å². The number of rotatable bonds is 9. The Labute approximate surface area is 195 Å². The summed E-state index contributed by atoms with van der Waals surface area (Å²) in [7, 11) is 3.20. The lowest BCUT2D eigenvalue weighted by Crippen LogP contribution is -2.49. The first-order valence-electron chi connectivity index (χ1n) is 9.78. The maximum Gasteiger partial charge on any atom is 0.161 e. The molecule has 0 aromatic heterocycles. The largest absolute Gasteiger partial charge is 0.493 e. The molecular formula is C22H31Cl2FN2O4. The molecule has 1 aliphatic heterocycles. The van der Waals surface area contributed by atoms with E-state index in [0.29, 0.717) is 24.7 Å². The van der Waals surface area contributed by atoms with Gasteiger partial charge in [-0.2, -0.15) is 0 Å². The normalized spacial score (nSPS) is 14.9. The van der Waals surface area contributed by atoms with Crippen LogP contribution in [0.5, 0.6) is 11.5 Å². The minimum absolute atomic E-state index is 0. The van der Waals surface area contributed by atoms with Gasteiger partial charge in [-0.1, -0.05) is 6.07 Å². The highest BCUT2D eigenvalue weighted by molar-refractivity contribution is 5.85. The van der Waals surface area contributed by atoms with E-state index in [-0.39, 0.29) is 37.2 Å². The number of nitrogens with zero attached hydrogens (tertiary/aromatic N) is 2. The maximum absolute atomic E-state index is 13.1. The van der Waals surface area contributed by atoms with Crippen molar-refractivity contribution in [2.24, 2.45) is 0 Å². The van der Waals surface area contributed by atoms with E-state index in [1.165, 1.54) is 12.1 Å². The standard InChI is InChI=1S/C22H29FN2O4.2ClH/c1-27-21-8-3-17(13-22(21)28-2)15-29-16-20(26)14-24-9-11-25(12-10-24)19-6-4-18(23)5-7-19;;/h3-8,13,20,26H,9-12,14-16H2,1-2H3;2*1H. The summed E-state index contributed by atoms with van der Waals surface area (Å²) in [6, 6.07) is 12.2. The predicted octanol–water partition coefficient (Wildman–Crippen LogP) is 3.39. The highest BCUT2D eigenvalue weighted by Crippen LogP contribution is 2.27. The van der Waals surface area contributed by atoms with Gasteiger partial charge in [-0.15, -0.1) is 24.8 Å². The molecule has 2 aromatic rings. The topological polar surface area (TPSA) is 54.4 Å². The van der Waals surface area contributed by atoms with Gasteiger partial charge in [-0.25, -0.2) is 4.39 Å². The van der Waals surface area contributed by atoms with E-state index in [1.54, 1.807) is 14.2 Å². The van der Waals surface area contributed by atoms with E-state index >= 15 is 0 Å². The van der Waals surface area contributed by atoms with Crippen LogP contribution < -0.4 is 14.4 Å². The molecule has 1 aliphatic rings. The van der Waals surface area contributed by atoms with Crippen LogP contribution in [-0.2, 0) is 11.3 Å². The van der Waals surface area contributed by atoms with Gasteiger partial charge in [-0.3, -0.25) is 4.90 Å². The number of ether oxygens (including phenoxy) is 3. The van der Waals surface area contributed by atoms with Crippen LogP contribution >= 0.6 is 24.8 Å². The summed E-state index contributed by atoms with van der Waals surface area (Å²) < 4.78 is 29.3. The lowest BCUT2D eigenvalue weighted by molar-refractivity contribution is 0.00909. The number of anilines is 1. The number of hydrogen-bond acceptors (Lipinski definition) is 6. The zero-order chi connectivity index (χ0) is 20.6. The molecule has 0 radical (unpaired) electrons. The van der Waals surface area contributed by atoms with Crippen LogP contribution in [0.2, 0.25) is 0 Å². The number of benzene rings is 2. The Morgan fingerprint density at radius 2 is 1.58 bits per heavy atom. The van der Waals surface area contributed by atoms with Crippen molar-refractivity contribution >= 4 is 30.5 Å². The van der Waals surface area contributed by atoms with Crippen LogP contribution in [0.1, 0.15) is 5.56 Å². The molecular weight excluding hydrogens is 446 g/mol. The monoisotopic (exact) mass is 476 g/mol. The van der Waals surface area contributed by atoms with Gasteiger partial charge in [0.15, 0.2) is 11.5 Å². The van der Waals surface area contributed by atoms with Gasteiger partial charge in [0.05, 0.1) is 33.5 Å². The van der Waals surface area contributed by atoms with Gasteiger partial charge in [0, 0.05) is 38.4 Å². The Kier molecular flexibility index (Phi) is 12.0. The van der Waals surface area contributed by atoms with Crippen LogP contribution in [0.25, 0.3) is 0 Å². The summed E-state index contributed by atoms with van der Waals surface area (Å²) >= 11 is 0. The van der Waals surface area contributed by atoms with E-state index in [1.807, 2.05) is 30.3 Å². The summed E-state index contributed by atoms with van der Waals surface area (Å²) in [5, 5.41) is 10.3. The molecule has 31 heavy (non-hydrogen) atoms. The molecule has 0 spiro atoms. The van der Waals surface area contributed by atoms with Crippen molar-refractivity contribution in [3.05, 3.63) is 53.8 Å². The molecule has 1 fully saturated rings. The first-order chi connectivity index (χ1) is 14.1. The first-order valence-corrected chi connectivity index (χ1v) is 9.78. The minimum atomic E-state index is -0.549. The second-order valence-corrected chi connectivity index (χ2v) is 7.12. The van der Waals surface area contributed by atoms with Crippen LogP contribution in [0.3, 0.4) is 0 Å². The second-order valence-electron chi connectivity index (χ2n) is 7.12. The fourth-order valence-corrected chi connectivity index (χ4v) is 3.47. The number of β-amino-alcohol motifs (C(OH)–C–C–N with tert-alkyl or cyclic N) is 1. The number of hydrogen-bond donors (Lipinski definition) is 1. The average Bonchev–Trinajstić information content (AvgIpc) is 2.75. The molecule has 1 saturated heterocycles. The molecule has 0 bridgehead atoms. The number of aliphatic hydroxyl groups is 1. The van der Waals surface area contributed by atoms with Crippen molar-refractivity contribution in [3.8, 4) is 11.5 Å². The van der Waals surface area contributed by atoms with Crippen LogP contribution in [0, 0.1) is 5.82 Å². The molecule has 3 rings (SSSR count). The molecule has 1 unspecified atom stereocenters. The quantitative estimate of drug-likeness (QED) is 0.598. The Morgan fingerprint density at radius 3 is 2.19 bits per heavy atom. The molecule has 174 valence electrons. The third-order valence-electron chi connectivity index (χ3n) is 5.06. The summed E-state index contributed by atoms with van der Waals surface area (Å²) in [5.74, 6) is 1.12. The number of aliphatic hydroxyl groups excluding tert-OH is 1. The predicted molar refractivity (Wildman–Crippen MR) is 125 cm³/mol. The highest BCUT2D eigenvalue weighted by Gasteiger charge is 2.19. The first kappa shape index (κ1) is 27.3. The molecule has 1 atom stereocenters. The number of methoxy groups -OCH3 is 2. The van der Waals surface area contributed by atoms with Crippen molar-refractivity contribution in [1.29, 1.82) is 0 Å². The fraction of sp³-hybridized carbons (Fsp3) is 0.455. The fourth-order valence-electron chi connectivity index (χ4n) is 3.47. The summed E-state index contributed by atoms with van der Waals surface area (Å²) in [6.45, 7) is 4.65. The van der Waals surface area contributed by atoms with Crippen molar-refractivity contribution in [1.82, 2.24) is 4.90 Å². The zero-order valence-corrected chi connectivity index (χ0v) is 19.5. The average molecular weight is 477 g/mol. The molecule has 0 amide bonds. The van der Waals surface area contributed by atoms with E-state index in [4.69, 9.17) is 14.2 Å². The van der Waals surface area contributed by atoms with Crippen molar-refractivity contribution < 1.29 is 23.7 Å². The van der Waals surface area contributed by atoms with Crippen LogP contribution in [-0.4, -0.2) is 69.7 Å². The molecule has 1 N–H and O–H groups in total. The number of halogens is 3. The van der Waals surface area contributed by atoms with E-state index in [9.17, 15) is 9.50 Å². The Bertz CT molecular complexity index is 775. The van der Waals surface area contributed by atoms with Gasteiger partial charge in [0.25, 0.3) is 0 Å². The van der Waals surface area contributed by atoms with Crippen LogP contribution in [0.4, 0.5) is 10.1 Å². The SMILES string of the molecule is COc1ccc(COCC(O)CN2CCN(c3ccc(F)cc3)CC2)cc1OC.Cl.Cl. The second kappa shape index (κ2) is 13.6. The van der Waals surface area contributed by atoms with Crippen molar-refractivity contribution in [2.45, 2.75) is 12.7 Å². The Balaban J connectivity index is 0.00000240. The number of piperazine rings is 1. The molecule has 2 aromatic carbocycles. The van der Waals surface area contributed by atoms with Crippen molar-refractivity contribution in [2.75, 3.05) is 58.5 Å². The Morgan fingerprint density at radius 1 is 0.935 bits per heavy atom. The summed E-state index contributed by atoms with van der Waals surface area (Å²) in [4.78, 5) is 4.46. The lowest BCUT2D eigenvalue weighted by atomic mass is 10.2. The third-order valence-corrected chi connectivity index (χ3v) is 5.06. The van der Waals surface area contributed by atoms with Gasteiger partial charge < -0.3 is 24.2 Å². The van der Waals surface area contributed by atoms with Gasteiger partial charge in [-0.05, 0) is 42.0 Å². The Hall–Kier alpha value is -1.77. The summed E-state index contributed by atoms with van der Waals surface area (Å²) in [5.41, 5.74) is 1.99. The lowest BCUT2D eigenvalue weighted by Gasteiger charge is -2.36. The van der Waals surface area contributed by atoms with Crippen LogP contribution in [0.15, 0.2) is 42.5 Å². The minimum Gasteiger partial charge on any atom is -0.493 e. The van der Waals surface area contributed by atoms with Gasteiger partial charge in [0.2, 0.25) is 0 Å². The molecule has 0 aliphatic carbocycles. The van der Waals surface area contributed by atoms with E-state index in [2.05, 4.69) is 9.80 Å².